The largest absolute Gasteiger partial charge is 0.366 e. The predicted molar refractivity (Wildman–Crippen MR) is 167 cm³/mol. The van der Waals surface area contributed by atoms with Gasteiger partial charge in [-0.15, -0.1) is 0 Å². The first-order chi connectivity index (χ1) is 18.9. The summed E-state index contributed by atoms with van der Waals surface area (Å²) in [6.45, 7) is 16.4. The molecule has 0 saturated heterocycles. The van der Waals surface area contributed by atoms with Crippen LogP contribution in [0.2, 0.25) is 0 Å². The van der Waals surface area contributed by atoms with Gasteiger partial charge in [-0.1, -0.05) is 94.6 Å². The molecule has 0 atom stereocenters. The number of carbonyl (C=O) groups is 1. The molecule has 0 spiro atoms. The Labute approximate surface area is 236 Å². The van der Waals surface area contributed by atoms with E-state index in [-0.39, 0.29) is 0 Å². The van der Waals surface area contributed by atoms with Crippen LogP contribution >= 0.6 is 0 Å². The predicted octanol–water partition coefficient (Wildman–Crippen LogP) is 8.08. The van der Waals surface area contributed by atoms with Gasteiger partial charge in [0.25, 0.3) is 0 Å². The zero-order valence-corrected chi connectivity index (χ0v) is 25.3. The number of aromatic nitrogens is 3. The van der Waals surface area contributed by atoms with Gasteiger partial charge in [-0.25, -0.2) is 4.98 Å². The molecule has 3 N–H and O–H groups in total. The van der Waals surface area contributed by atoms with Gasteiger partial charge < -0.3 is 15.8 Å². The number of rotatable bonds is 4. The molecule has 1 saturated carbocycles. The molecule has 1 fully saturated rings. The first-order valence-corrected chi connectivity index (χ1v) is 14.3. The summed E-state index contributed by atoms with van der Waals surface area (Å²) in [6, 6.07) is 19.5. The summed E-state index contributed by atoms with van der Waals surface area (Å²) in [5, 5.41) is 8.02. The van der Waals surface area contributed by atoms with E-state index in [1.807, 2.05) is 45.3 Å². The Morgan fingerprint density at radius 3 is 2.08 bits per heavy atom. The molecule has 0 aliphatic heterocycles. The minimum Gasteiger partial charge on any atom is -0.366 e. The molecule has 2 heterocycles. The summed E-state index contributed by atoms with van der Waals surface area (Å²) < 4.78 is 1.88. The molecule has 1 aliphatic carbocycles. The number of fused-ring (bicyclic) bond motifs is 1. The zero-order chi connectivity index (χ0) is 29.2. The summed E-state index contributed by atoms with van der Waals surface area (Å²) in [6.07, 6.45) is 7.86. The quantitative estimate of drug-likeness (QED) is 0.260. The van der Waals surface area contributed by atoms with E-state index < -0.39 is 0 Å². The van der Waals surface area contributed by atoms with E-state index in [4.69, 9.17) is 15.5 Å². The number of nitrogens with zero attached hydrogens (tertiary/aromatic N) is 3. The summed E-state index contributed by atoms with van der Waals surface area (Å²) in [7, 11) is 0. The van der Waals surface area contributed by atoms with E-state index in [9.17, 15) is 0 Å². The molecule has 0 unspecified atom stereocenters. The van der Waals surface area contributed by atoms with Crippen LogP contribution in [0.25, 0.3) is 16.9 Å². The van der Waals surface area contributed by atoms with Crippen LogP contribution in [0.4, 0.5) is 5.82 Å². The number of aryl methyl sites for hydroxylation is 3. The van der Waals surface area contributed by atoms with Gasteiger partial charge in [-0.3, -0.25) is 0 Å². The lowest BCUT2D eigenvalue weighted by Gasteiger charge is -2.12. The van der Waals surface area contributed by atoms with Gasteiger partial charge in [0.2, 0.25) is 0 Å². The van der Waals surface area contributed by atoms with Crippen LogP contribution in [-0.2, 0) is 11.3 Å². The number of anilines is 1. The smallest absolute Gasteiger partial charge is 0.160 e. The molecule has 0 radical (unpaired) electrons. The van der Waals surface area contributed by atoms with Crippen LogP contribution in [0.1, 0.15) is 82.6 Å². The highest BCUT2D eigenvalue weighted by Crippen LogP contribution is 2.26. The maximum absolute atomic E-state index is 8.81. The van der Waals surface area contributed by atoms with E-state index in [0.29, 0.717) is 6.04 Å². The molecule has 1 aliphatic rings. The number of nitrogens with two attached hydrogens (primary N) is 1. The first kappa shape index (κ1) is 33.5. The van der Waals surface area contributed by atoms with Crippen LogP contribution < -0.4 is 11.1 Å². The fourth-order valence-corrected chi connectivity index (χ4v) is 4.05. The van der Waals surface area contributed by atoms with Gasteiger partial charge in [0.1, 0.15) is 12.1 Å². The molecule has 4 aromatic rings. The Bertz CT molecular complexity index is 1220. The number of benzene rings is 2. The third kappa shape index (κ3) is 10.6. The van der Waals surface area contributed by atoms with Crippen LogP contribution in [0.15, 0.2) is 60.8 Å². The highest BCUT2D eigenvalue weighted by Gasteiger charge is 2.12. The lowest BCUT2D eigenvalue weighted by atomic mass is 10.1. The second-order valence-electron chi connectivity index (χ2n) is 9.02. The van der Waals surface area contributed by atoms with Gasteiger partial charge in [-0.2, -0.15) is 9.61 Å². The standard InChI is InChI=1S/C22H22N4.C5H11N.C2H4O.2C2H6/c1-15-8-10-18(11-9-15)14-23-21-12-20(19-7-5-4-6-16(19)2)25-22-17(3)13-24-26(21)22;6-5-3-1-2-4-5;1-2-3;2*1-2/h4-13,23H,14H2,1-3H3;5H,1-4,6H2;2H,1H3;2*1-2H3. The van der Waals surface area contributed by atoms with Gasteiger partial charge in [0.05, 0.1) is 11.9 Å². The number of aldehydes is 1. The summed E-state index contributed by atoms with van der Waals surface area (Å²) in [5.74, 6) is 0.946. The second kappa shape index (κ2) is 18.7. The molecule has 0 amide bonds. The van der Waals surface area contributed by atoms with Crippen LogP contribution in [-0.4, -0.2) is 26.9 Å². The van der Waals surface area contributed by atoms with Crippen molar-refractivity contribution in [2.75, 3.05) is 5.32 Å². The van der Waals surface area contributed by atoms with Gasteiger partial charge in [0, 0.05) is 29.8 Å². The molecule has 5 rings (SSSR count). The van der Waals surface area contributed by atoms with E-state index in [1.54, 1.807) is 0 Å². The molecule has 6 nitrogen and oxygen atoms in total. The maximum atomic E-state index is 8.81. The molecule has 2 aromatic carbocycles. The molecular weight excluding hydrogens is 482 g/mol. The molecular formula is C33H49N5O. The topological polar surface area (TPSA) is 85.3 Å². The van der Waals surface area contributed by atoms with Crippen molar-refractivity contribution < 1.29 is 4.79 Å². The molecule has 2 aromatic heterocycles. The van der Waals surface area contributed by atoms with Crippen LogP contribution in [0.5, 0.6) is 0 Å². The fraction of sp³-hybridized carbons (Fsp3) is 0.424. The maximum Gasteiger partial charge on any atom is 0.160 e. The number of carbonyl (C=O) groups excluding carboxylic acids is 1. The lowest BCUT2D eigenvalue weighted by Crippen LogP contribution is -2.13. The van der Waals surface area contributed by atoms with Crippen molar-refractivity contribution in [3.8, 4) is 11.3 Å². The molecule has 0 bridgehead atoms. The Kier molecular flexibility index (Phi) is 16.1. The van der Waals surface area contributed by atoms with E-state index in [1.165, 1.54) is 49.3 Å². The third-order valence-corrected chi connectivity index (χ3v) is 6.06. The second-order valence-corrected chi connectivity index (χ2v) is 9.02. The third-order valence-electron chi connectivity index (χ3n) is 6.06. The Morgan fingerprint density at radius 1 is 0.949 bits per heavy atom. The minimum atomic E-state index is 0.546. The fourth-order valence-electron chi connectivity index (χ4n) is 4.05. The van der Waals surface area contributed by atoms with Gasteiger partial charge in [0.15, 0.2) is 5.65 Å². The SMILES string of the molecule is CC.CC.CC=O.Cc1ccc(CNc2cc(-c3ccccc3C)nc3c(C)cnn23)cc1.NC1CCCC1. The normalized spacial score (nSPS) is 11.9. The summed E-state index contributed by atoms with van der Waals surface area (Å²) in [4.78, 5) is 13.7. The number of hydrogen-bond acceptors (Lipinski definition) is 5. The van der Waals surface area contributed by atoms with Crippen molar-refractivity contribution >= 4 is 17.8 Å². The highest BCUT2D eigenvalue weighted by atomic mass is 16.1. The number of nitrogens with one attached hydrogen (secondary N) is 1. The Hall–Kier alpha value is -3.51. The van der Waals surface area contributed by atoms with Crippen molar-refractivity contribution in [3.05, 3.63) is 83.0 Å². The van der Waals surface area contributed by atoms with Crippen molar-refractivity contribution in [1.29, 1.82) is 0 Å². The average Bonchev–Trinajstić information content (AvgIpc) is 3.60. The van der Waals surface area contributed by atoms with Crippen molar-refractivity contribution in [2.45, 2.75) is 93.7 Å². The van der Waals surface area contributed by atoms with E-state index >= 15 is 0 Å². The monoisotopic (exact) mass is 531 g/mol. The van der Waals surface area contributed by atoms with Crippen molar-refractivity contribution in [2.24, 2.45) is 5.73 Å². The highest BCUT2D eigenvalue weighted by molar-refractivity contribution is 5.70. The minimum absolute atomic E-state index is 0.546. The zero-order valence-electron chi connectivity index (χ0n) is 25.3. The van der Waals surface area contributed by atoms with Crippen LogP contribution in [0.3, 0.4) is 0 Å². The Morgan fingerprint density at radius 2 is 1.54 bits per heavy atom. The van der Waals surface area contributed by atoms with Gasteiger partial charge in [-0.05, 0) is 51.7 Å². The lowest BCUT2D eigenvalue weighted by molar-refractivity contribution is -0.106. The molecule has 212 valence electrons. The van der Waals surface area contributed by atoms with Crippen molar-refractivity contribution in [3.63, 3.8) is 0 Å². The molecule has 39 heavy (non-hydrogen) atoms. The summed E-state index contributed by atoms with van der Waals surface area (Å²) >= 11 is 0. The molecule has 6 heteroatoms. The summed E-state index contributed by atoms with van der Waals surface area (Å²) in [5.41, 5.74) is 13.3. The first-order valence-electron chi connectivity index (χ1n) is 14.3. The van der Waals surface area contributed by atoms with E-state index in [2.05, 4.69) is 78.9 Å². The van der Waals surface area contributed by atoms with E-state index in [0.717, 1.165) is 41.1 Å². The Balaban J connectivity index is 0.000000492. The van der Waals surface area contributed by atoms with Crippen LogP contribution in [0, 0.1) is 20.8 Å². The average molecular weight is 532 g/mol. The number of hydrogen-bond donors (Lipinski definition) is 2. The van der Waals surface area contributed by atoms with Crippen molar-refractivity contribution in [1.82, 2.24) is 14.6 Å². The van der Waals surface area contributed by atoms with Gasteiger partial charge >= 0.3 is 0 Å².